The number of aromatic hydroxyl groups is 1. The molecule has 0 aromatic heterocycles. The fourth-order valence-corrected chi connectivity index (χ4v) is 1.38. The topological polar surface area (TPSA) is 72.5 Å². The molecule has 0 unspecified atom stereocenters. The number of carbonyl (C=O) groups is 1. The summed E-state index contributed by atoms with van der Waals surface area (Å²) in [6, 6.07) is 1.15. The minimum absolute atomic E-state index is 0.186. The zero-order valence-electron chi connectivity index (χ0n) is 9.49. The molecular weight excluding hydrogens is 251 g/mol. The van der Waals surface area contributed by atoms with Gasteiger partial charge in [-0.3, -0.25) is 4.79 Å². The van der Waals surface area contributed by atoms with Gasteiger partial charge < -0.3 is 15.6 Å². The Hall–Kier alpha value is -1.76. The summed E-state index contributed by atoms with van der Waals surface area (Å²) in [5.41, 5.74) is 4.82. The Morgan fingerprint density at radius 3 is 2.61 bits per heavy atom. The van der Waals surface area contributed by atoms with Gasteiger partial charge in [-0.05, 0) is 17.7 Å². The third-order valence-electron chi connectivity index (χ3n) is 2.36. The zero-order valence-corrected chi connectivity index (χ0v) is 9.49. The van der Waals surface area contributed by atoms with E-state index in [1.807, 2.05) is 0 Å². The molecule has 1 aromatic carbocycles. The minimum Gasteiger partial charge on any atom is -0.508 e. The fourth-order valence-electron chi connectivity index (χ4n) is 1.38. The zero-order chi connectivity index (χ0) is 13.9. The van der Waals surface area contributed by atoms with Crippen molar-refractivity contribution >= 4 is 5.97 Å². The van der Waals surface area contributed by atoms with Crippen molar-refractivity contribution in [2.45, 2.75) is 18.6 Å². The second-order valence-corrected chi connectivity index (χ2v) is 3.67. The highest BCUT2D eigenvalue weighted by atomic mass is 19.4. The molecule has 7 heteroatoms. The maximum Gasteiger partial charge on any atom is 0.407 e. The molecule has 0 aliphatic rings. The Bertz CT molecular complexity index is 446. The van der Waals surface area contributed by atoms with Crippen LogP contribution in [0.5, 0.6) is 5.75 Å². The predicted molar refractivity (Wildman–Crippen MR) is 56.8 cm³/mol. The Morgan fingerprint density at radius 1 is 1.50 bits per heavy atom. The van der Waals surface area contributed by atoms with Gasteiger partial charge in [-0.15, -0.1) is 0 Å². The van der Waals surface area contributed by atoms with E-state index in [0.717, 1.165) is 12.1 Å². The Kier molecular flexibility index (Phi) is 4.18. The van der Waals surface area contributed by atoms with Crippen molar-refractivity contribution in [2.75, 3.05) is 7.11 Å². The van der Waals surface area contributed by atoms with Gasteiger partial charge >= 0.3 is 12.1 Å². The molecule has 0 spiro atoms. The predicted octanol–water partition coefficient (Wildman–Crippen LogP) is 1.67. The van der Waals surface area contributed by atoms with E-state index in [9.17, 15) is 23.1 Å². The number of phenolic OH excluding ortho intramolecular Hbond substituents is 1. The molecule has 1 atom stereocenters. The molecule has 18 heavy (non-hydrogen) atoms. The van der Waals surface area contributed by atoms with Gasteiger partial charge in [0.05, 0.1) is 13.5 Å². The molecule has 0 bridgehead atoms. The van der Waals surface area contributed by atoms with E-state index in [1.165, 1.54) is 13.2 Å². The normalized spacial score (nSPS) is 13.2. The summed E-state index contributed by atoms with van der Waals surface area (Å²) >= 11 is 0. The molecule has 1 aromatic rings. The van der Waals surface area contributed by atoms with Crippen molar-refractivity contribution in [3.05, 3.63) is 29.3 Å². The number of methoxy groups -OCH3 is 1. The van der Waals surface area contributed by atoms with Gasteiger partial charge in [0.2, 0.25) is 0 Å². The van der Waals surface area contributed by atoms with Crippen molar-refractivity contribution in [1.82, 2.24) is 0 Å². The Labute approximate surface area is 101 Å². The van der Waals surface area contributed by atoms with E-state index >= 15 is 0 Å². The van der Waals surface area contributed by atoms with Gasteiger partial charge in [0.1, 0.15) is 11.8 Å². The molecule has 0 saturated heterocycles. The SMILES string of the molecule is COC(=O)Cc1ccc(O)c([C@H](N)C(F)(F)F)c1. The molecular formula is C11H12F3NO3. The van der Waals surface area contributed by atoms with Crippen LogP contribution in [0.4, 0.5) is 13.2 Å². The van der Waals surface area contributed by atoms with Crippen molar-refractivity contribution in [3.8, 4) is 5.75 Å². The lowest BCUT2D eigenvalue weighted by molar-refractivity contribution is -0.149. The average Bonchev–Trinajstić information content (AvgIpc) is 2.29. The number of hydrogen-bond donors (Lipinski definition) is 2. The number of hydrogen-bond acceptors (Lipinski definition) is 4. The standard InChI is InChI=1S/C11H12F3NO3/c1-18-9(17)5-6-2-3-8(16)7(4-6)10(15)11(12,13)14/h2-4,10,16H,5,15H2,1H3/t10-/m0/s1. The van der Waals surface area contributed by atoms with Gasteiger partial charge in [-0.2, -0.15) is 13.2 Å². The van der Waals surface area contributed by atoms with Crippen LogP contribution in [0.3, 0.4) is 0 Å². The van der Waals surface area contributed by atoms with Crippen LogP contribution in [-0.2, 0) is 16.0 Å². The van der Waals surface area contributed by atoms with Crippen molar-refractivity contribution in [3.63, 3.8) is 0 Å². The molecule has 3 N–H and O–H groups in total. The van der Waals surface area contributed by atoms with Crippen molar-refractivity contribution in [2.24, 2.45) is 5.73 Å². The second-order valence-electron chi connectivity index (χ2n) is 3.67. The molecule has 0 radical (unpaired) electrons. The molecule has 1 rings (SSSR count). The smallest absolute Gasteiger partial charge is 0.407 e. The molecule has 4 nitrogen and oxygen atoms in total. The summed E-state index contributed by atoms with van der Waals surface area (Å²) in [4.78, 5) is 11.0. The molecule has 0 aliphatic carbocycles. The lowest BCUT2D eigenvalue weighted by atomic mass is 10.0. The number of halogens is 3. The van der Waals surface area contributed by atoms with E-state index in [-0.39, 0.29) is 12.0 Å². The van der Waals surface area contributed by atoms with Crippen molar-refractivity contribution in [1.29, 1.82) is 0 Å². The van der Waals surface area contributed by atoms with Crippen LogP contribution >= 0.6 is 0 Å². The van der Waals surface area contributed by atoms with Gasteiger partial charge in [-0.25, -0.2) is 0 Å². The maximum absolute atomic E-state index is 12.4. The fraction of sp³-hybridized carbons (Fsp3) is 0.364. The number of ether oxygens (including phenoxy) is 1. The third kappa shape index (κ3) is 3.36. The average molecular weight is 263 g/mol. The van der Waals surface area contributed by atoms with E-state index in [0.29, 0.717) is 0 Å². The van der Waals surface area contributed by atoms with Crippen molar-refractivity contribution < 1.29 is 27.8 Å². The monoisotopic (exact) mass is 263 g/mol. The highest BCUT2D eigenvalue weighted by Gasteiger charge is 2.39. The van der Waals surface area contributed by atoms with Crippen LogP contribution < -0.4 is 5.73 Å². The number of carbonyl (C=O) groups excluding carboxylic acids is 1. The summed E-state index contributed by atoms with van der Waals surface area (Å²) in [5, 5.41) is 9.36. The van der Waals surface area contributed by atoms with E-state index in [1.54, 1.807) is 0 Å². The Morgan fingerprint density at radius 2 is 2.11 bits per heavy atom. The molecule has 0 aliphatic heterocycles. The van der Waals surface area contributed by atoms with Crippen LogP contribution in [0.15, 0.2) is 18.2 Å². The van der Waals surface area contributed by atoms with Gasteiger partial charge in [-0.1, -0.05) is 6.07 Å². The Balaban J connectivity index is 3.05. The van der Waals surface area contributed by atoms with Gasteiger partial charge in [0, 0.05) is 5.56 Å². The molecule has 100 valence electrons. The first-order chi connectivity index (χ1) is 8.25. The van der Waals surface area contributed by atoms with Gasteiger partial charge in [0.15, 0.2) is 0 Å². The maximum atomic E-state index is 12.4. The van der Waals surface area contributed by atoms with Crippen LogP contribution in [-0.4, -0.2) is 24.4 Å². The minimum atomic E-state index is -4.67. The first-order valence-electron chi connectivity index (χ1n) is 4.96. The summed E-state index contributed by atoms with van der Waals surface area (Å²) in [6.07, 6.45) is -4.85. The number of phenols is 1. The van der Waals surface area contributed by atoms with E-state index < -0.39 is 29.5 Å². The molecule has 0 saturated carbocycles. The van der Waals surface area contributed by atoms with E-state index in [2.05, 4.69) is 4.74 Å². The molecule has 0 amide bonds. The van der Waals surface area contributed by atoms with Crippen LogP contribution in [0.1, 0.15) is 17.2 Å². The lowest BCUT2D eigenvalue weighted by Crippen LogP contribution is -2.28. The quantitative estimate of drug-likeness (QED) is 0.814. The highest BCUT2D eigenvalue weighted by molar-refractivity contribution is 5.72. The summed E-state index contributed by atoms with van der Waals surface area (Å²) < 4.78 is 41.7. The first-order valence-corrected chi connectivity index (χ1v) is 4.96. The lowest BCUT2D eigenvalue weighted by Gasteiger charge is -2.17. The third-order valence-corrected chi connectivity index (χ3v) is 2.36. The largest absolute Gasteiger partial charge is 0.508 e. The second kappa shape index (κ2) is 5.26. The van der Waals surface area contributed by atoms with Crippen LogP contribution in [0.2, 0.25) is 0 Å². The number of rotatable bonds is 3. The van der Waals surface area contributed by atoms with Gasteiger partial charge in [0.25, 0.3) is 0 Å². The summed E-state index contributed by atoms with van der Waals surface area (Å²) in [6.45, 7) is 0. The first kappa shape index (κ1) is 14.3. The number of esters is 1. The number of nitrogens with two attached hydrogens (primary N) is 1. The number of alkyl halides is 3. The van der Waals surface area contributed by atoms with Crippen LogP contribution in [0.25, 0.3) is 0 Å². The van der Waals surface area contributed by atoms with Crippen LogP contribution in [0, 0.1) is 0 Å². The summed E-state index contributed by atoms with van der Waals surface area (Å²) in [7, 11) is 1.17. The number of benzene rings is 1. The van der Waals surface area contributed by atoms with E-state index in [4.69, 9.17) is 5.73 Å². The summed E-state index contributed by atoms with van der Waals surface area (Å²) in [5.74, 6) is -1.15. The molecule has 0 fully saturated rings. The highest BCUT2D eigenvalue weighted by Crippen LogP contribution is 2.35. The molecule has 0 heterocycles.